The third-order valence-corrected chi connectivity index (χ3v) is 5.16. The van der Waals surface area contributed by atoms with Crippen molar-refractivity contribution < 1.29 is 9.72 Å². The largest absolute Gasteiger partial charge is 0.338 e. The maximum atomic E-state index is 12.8. The predicted molar refractivity (Wildman–Crippen MR) is 87.5 cm³/mol. The van der Waals surface area contributed by atoms with Gasteiger partial charge in [0, 0.05) is 25.2 Å². The van der Waals surface area contributed by atoms with E-state index < -0.39 is 4.92 Å². The van der Waals surface area contributed by atoms with E-state index in [4.69, 9.17) is 0 Å². The molecule has 2 fully saturated rings. The topological polar surface area (TPSA) is 75.5 Å². The summed E-state index contributed by atoms with van der Waals surface area (Å²) in [6, 6.07) is 5.38. The van der Waals surface area contributed by atoms with Crippen LogP contribution < -0.4 is 5.32 Å². The van der Waals surface area contributed by atoms with Gasteiger partial charge in [-0.25, -0.2) is 0 Å². The first kappa shape index (κ1) is 15.9. The molecule has 2 aliphatic rings. The van der Waals surface area contributed by atoms with Crippen molar-refractivity contribution in [3.05, 3.63) is 39.4 Å². The maximum absolute atomic E-state index is 12.8. The highest BCUT2D eigenvalue weighted by atomic mass is 16.6. The van der Waals surface area contributed by atoms with Crippen molar-refractivity contribution in [2.45, 2.75) is 38.6 Å². The predicted octanol–water partition coefficient (Wildman–Crippen LogP) is 2.51. The number of carbonyl (C=O) groups excluding carboxylic acids is 1. The van der Waals surface area contributed by atoms with E-state index in [9.17, 15) is 14.9 Å². The van der Waals surface area contributed by atoms with Gasteiger partial charge in [-0.2, -0.15) is 0 Å². The van der Waals surface area contributed by atoms with Crippen LogP contribution in [0.1, 0.15) is 41.6 Å². The minimum Gasteiger partial charge on any atom is -0.338 e. The molecule has 23 heavy (non-hydrogen) atoms. The van der Waals surface area contributed by atoms with E-state index >= 15 is 0 Å². The number of benzene rings is 1. The second-order valence-corrected chi connectivity index (χ2v) is 6.56. The third kappa shape index (κ3) is 3.22. The van der Waals surface area contributed by atoms with Gasteiger partial charge in [-0.05, 0) is 50.6 Å². The summed E-state index contributed by atoms with van der Waals surface area (Å²) in [4.78, 5) is 25.3. The number of aryl methyl sites for hydroxylation is 1. The Bertz CT molecular complexity index is 603. The summed E-state index contributed by atoms with van der Waals surface area (Å²) < 4.78 is 0. The molecule has 2 aliphatic heterocycles. The van der Waals surface area contributed by atoms with Crippen molar-refractivity contribution >= 4 is 11.6 Å². The Labute approximate surface area is 136 Å². The van der Waals surface area contributed by atoms with Gasteiger partial charge in [0.1, 0.15) is 5.56 Å². The molecule has 1 N–H and O–H groups in total. The average Bonchev–Trinajstić information content (AvgIpc) is 3.08. The van der Waals surface area contributed by atoms with Crippen LogP contribution in [0.5, 0.6) is 0 Å². The summed E-state index contributed by atoms with van der Waals surface area (Å²) in [5.41, 5.74) is 0.827. The molecule has 0 aromatic heterocycles. The molecular weight excluding hydrogens is 294 g/mol. The van der Waals surface area contributed by atoms with Crippen LogP contribution in [0.4, 0.5) is 5.69 Å². The lowest BCUT2D eigenvalue weighted by Crippen LogP contribution is -2.43. The van der Waals surface area contributed by atoms with Gasteiger partial charge in [0.25, 0.3) is 11.6 Å². The van der Waals surface area contributed by atoms with Gasteiger partial charge in [-0.15, -0.1) is 0 Å². The monoisotopic (exact) mass is 317 g/mol. The highest BCUT2D eigenvalue weighted by Gasteiger charge is 2.32. The van der Waals surface area contributed by atoms with Crippen molar-refractivity contribution in [2.24, 2.45) is 5.92 Å². The number of carbonyl (C=O) groups is 1. The number of nitro benzene ring substituents is 1. The van der Waals surface area contributed by atoms with Gasteiger partial charge in [0.2, 0.25) is 0 Å². The zero-order chi connectivity index (χ0) is 16.4. The van der Waals surface area contributed by atoms with Crippen LogP contribution in [0.2, 0.25) is 0 Å². The molecule has 2 saturated heterocycles. The molecule has 1 aromatic carbocycles. The van der Waals surface area contributed by atoms with E-state index in [1.165, 1.54) is 18.9 Å². The number of rotatable bonds is 3. The number of hydrogen-bond acceptors (Lipinski definition) is 4. The van der Waals surface area contributed by atoms with Crippen LogP contribution in [-0.2, 0) is 0 Å². The van der Waals surface area contributed by atoms with E-state index in [-0.39, 0.29) is 17.2 Å². The molecule has 2 heterocycles. The third-order valence-electron chi connectivity index (χ3n) is 5.16. The summed E-state index contributed by atoms with van der Waals surface area (Å²) in [5, 5.41) is 14.8. The number of nitrogens with one attached hydrogen (secondary N) is 1. The standard InChI is InChI=1S/C17H23N3O3/c1-12-4-2-6-15(20(22)23)16(12)17(21)19-10-7-13(8-11-19)14-5-3-9-18-14/h2,4,6,13-14,18H,3,5,7-11H2,1H3. The van der Waals surface area contributed by atoms with Gasteiger partial charge in [0.15, 0.2) is 0 Å². The number of hydrogen-bond donors (Lipinski definition) is 1. The number of nitrogens with zero attached hydrogens (tertiary/aromatic N) is 2. The molecular formula is C17H23N3O3. The normalized spacial score (nSPS) is 22.3. The second kappa shape index (κ2) is 6.66. The van der Waals surface area contributed by atoms with E-state index in [2.05, 4.69) is 5.32 Å². The molecule has 0 saturated carbocycles. The first-order chi connectivity index (χ1) is 11.1. The molecule has 0 aliphatic carbocycles. The van der Waals surface area contributed by atoms with Crippen molar-refractivity contribution in [1.82, 2.24) is 10.2 Å². The minimum atomic E-state index is -0.463. The first-order valence-electron chi connectivity index (χ1n) is 8.34. The zero-order valence-corrected chi connectivity index (χ0v) is 13.5. The van der Waals surface area contributed by atoms with Crippen molar-refractivity contribution in [3.8, 4) is 0 Å². The molecule has 1 aromatic rings. The summed E-state index contributed by atoms with van der Waals surface area (Å²) in [6.45, 7) is 4.23. The van der Waals surface area contributed by atoms with Crippen LogP contribution in [0.25, 0.3) is 0 Å². The Morgan fingerprint density at radius 1 is 1.30 bits per heavy atom. The smallest absolute Gasteiger partial charge is 0.282 e. The summed E-state index contributed by atoms with van der Waals surface area (Å²) in [7, 11) is 0. The van der Waals surface area contributed by atoms with Gasteiger partial charge in [-0.3, -0.25) is 14.9 Å². The van der Waals surface area contributed by atoms with E-state index in [0.29, 0.717) is 30.6 Å². The number of amides is 1. The number of nitro groups is 1. The average molecular weight is 317 g/mol. The molecule has 6 nitrogen and oxygen atoms in total. The highest BCUT2D eigenvalue weighted by molar-refractivity contribution is 5.99. The molecule has 124 valence electrons. The lowest BCUT2D eigenvalue weighted by atomic mass is 9.88. The lowest BCUT2D eigenvalue weighted by molar-refractivity contribution is -0.385. The highest BCUT2D eigenvalue weighted by Crippen LogP contribution is 2.29. The van der Waals surface area contributed by atoms with E-state index in [0.717, 1.165) is 19.4 Å². The van der Waals surface area contributed by atoms with Crippen molar-refractivity contribution in [3.63, 3.8) is 0 Å². The maximum Gasteiger partial charge on any atom is 0.282 e. The summed E-state index contributed by atoms with van der Waals surface area (Å²) in [5.74, 6) is 0.418. The minimum absolute atomic E-state index is 0.0883. The Morgan fingerprint density at radius 2 is 2.04 bits per heavy atom. The SMILES string of the molecule is Cc1cccc([N+](=O)[O-])c1C(=O)N1CCC(C2CCCN2)CC1. The number of likely N-dealkylation sites (tertiary alicyclic amines) is 1. The molecule has 1 atom stereocenters. The Hall–Kier alpha value is -1.95. The summed E-state index contributed by atoms with van der Waals surface area (Å²) in [6.07, 6.45) is 4.41. The molecule has 1 amide bonds. The van der Waals surface area contributed by atoms with Crippen molar-refractivity contribution in [1.29, 1.82) is 0 Å². The second-order valence-electron chi connectivity index (χ2n) is 6.56. The Morgan fingerprint density at radius 3 is 2.65 bits per heavy atom. The first-order valence-corrected chi connectivity index (χ1v) is 8.34. The van der Waals surface area contributed by atoms with Gasteiger partial charge < -0.3 is 10.2 Å². The van der Waals surface area contributed by atoms with Crippen LogP contribution in [-0.4, -0.2) is 41.4 Å². The molecule has 0 bridgehead atoms. The Kier molecular flexibility index (Phi) is 4.61. The van der Waals surface area contributed by atoms with Crippen LogP contribution in [0, 0.1) is 23.0 Å². The van der Waals surface area contributed by atoms with Crippen molar-refractivity contribution in [2.75, 3.05) is 19.6 Å². The molecule has 1 unspecified atom stereocenters. The van der Waals surface area contributed by atoms with Gasteiger partial charge >= 0.3 is 0 Å². The Balaban J connectivity index is 1.71. The van der Waals surface area contributed by atoms with Crippen LogP contribution in [0.15, 0.2) is 18.2 Å². The summed E-state index contributed by atoms with van der Waals surface area (Å²) >= 11 is 0. The quantitative estimate of drug-likeness (QED) is 0.686. The lowest BCUT2D eigenvalue weighted by Gasteiger charge is -2.35. The van der Waals surface area contributed by atoms with Gasteiger partial charge in [0.05, 0.1) is 4.92 Å². The van der Waals surface area contributed by atoms with Gasteiger partial charge in [-0.1, -0.05) is 12.1 Å². The zero-order valence-electron chi connectivity index (χ0n) is 13.5. The molecule has 0 spiro atoms. The van der Waals surface area contributed by atoms with E-state index in [1.807, 2.05) is 0 Å². The fourth-order valence-corrected chi connectivity index (χ4v) is 3.86. The fraction of sp³-hybridized carbons (Fsp3) is 0.588. The molecule has 6 heteroatoms. The fourth-order valence-electron chi connectivity index (χ4n) is 3.86. The molecule has 3 rings (SSSR count). The molecule has 0 radical (unpaired) electrons. The van der Waals surface area contributed by atoms with Crippen LogP contribution >= 0.6 is 0 Å². The number of piperidine rings is 1. The van der Waals surface area contributed by atoms with E-state index in [1.54, 1.807) is 24.0 Å². The van der Waals surface area contributed by atoms with Crippen LogP contribution in [0.3, 0.4) is 0 Å².